The summed E-state index contributed by atoms with van der Waals surface area (Å²) in [6.07, 6.45) is 5.46. The number of rotatable bonds is 2. The van der Waals surface area contributed by atoms with Gasteiger partial charge >= 0.3 is 6.03 Å². The molecule has 0 aromatic rings. The van der Waals surface area contributed by atoms with Gasteiger partial charge in [0, 0.05) is 6.54 Å². The van der Waals surface area contributed by atoms with Crippen molar-refractivity contribution in [3.63, 3.8) is 0 Å². The summed E-state index contributed by atoms with van der Waals surface area (Å²) in [6, 6.07) is 0.337. The van der Waals surface area contributed by atoms with Gasteiger partial charge in [0.15, 0.2) is 0 Å². The van der Waals surface area contributed by atoms with Gasteiger partial charge in [-0.2, -0.15) is 0 Å². The Morgan fingerprint density at radius 3 is 2.33 bits per heavy atom. The fraction of sp³-hybridized carbons (Fsp3) is 0.941. The fourth-order valence-corrected chi connectivity index (χ4v) is 6.50. The summed E-state index contributed by atoms with van der Waals surface area (Å²) in [5, 5.41) is 14.0. The first-order valence-corrected chi connectivity index (χ1v) is 8.64. The van der Waals surface area contributed by atoms with Crippen molar-refractivity contribution in [2.75, 3.05) is 6.54 Å². The van der Waals surface area contributed by atoms with E-state index in [1.165, 1.54) is 12.8 Å². The van der Waals surface area contributed by atoms with E-state index in [0.717, 1.165) is 31.7 Å². The zero-order valence-corrected chi connectivity index (χ0v) is 13.4. The molecule has 0 aromatic heterocycles. The van der Waals surface area contributed by atoms with E-state index in [9.17, 15) is 9.90 Å². The van der Waals surface area contributed by atoms with Crippen molar-refractivity contribution in [2.45, 2.75) is 70.1 Å². The summed E-state index contributed by atoms with van der Waals surface area (Å²) in [5.74, 6) is 2.48. The minimum Gasteiger partial charge on any atom is -0.390 e. The third-order valence-electron chi connectivity index (χ3n) is 7.00. The summed E-state index contributed by atoms with van der Waals surface area (Å²) in [5.41, 5.74) is -0.501. The SMILES string of the molecule is CCN1C(=O)NC(C2C3CC4CC2CC(O)(C4)C3)C1(C)C. The molecule has 2 amide bonds. The molecule has 0 aromatic carbocycles. The van der Waals surface area contributed by atoms with Crippen LogP contribution in [0.4, 0.5) is 4.79 Å². The number of hydrogen-bond donors (Lipinski definition) is 2. The molecule has 5 fully saturated rings. The average Bonchev–Trinajstić information content (AvgIpc) is 2.56. The monoisotopic (exact) mass is 292 g/mol. The van der Waals surface area contributed by atoms with Crippen LogP contribution in [0.5, 0.6) is 0 Å². The minimum atomic E-state index is -0.385. The van der Waals surface area contributed by atoms with Crippen LogP contribution >= 0.6 is 0 Å². The van der Waals surface area contributed by atoms with Crippen molar-refractivity contribution in [1.29, 1.82) is 0 Å². The zero-order valence-electron chi connectivity index (χ0n) is 13.4. The second-order valence-electron chi connectivity index (χ2n) is 8.60. The Hall–Kier alpha value is -0.770. The van der Waals surface area contributed by atoms with Crippen molar-refractivity contribution in [3.05, 3.63) is 0 Å². The number of nitrogens with zero attached hydrogens (tertiary/aromatic N) is 1. The Labute approximate surface area is 127 Å². The van der Waals surface area contributed by atoms with Gasteiger partial charge in [-0.15, -0.1) is 0 Å². The average molecular weight is 292 g/mol. The van der Waals surface area contributed by atoms with Crippen LogP contribution in [-0.2, 0) is 0 Å². The van der Waals surface area contributed by atoms with E-state index >= 15 is 0 Å². The summed E-state index contributed by atoms with van der Waals surface area (Å²) in [4.78, 5) is 14.3. The molecule has 4 bridgehead atoms. The highest BCUT2D eigenvalue weighted by Gasteiger charge is 2.60. The minimum absolute atomic E-state index is 0.0972. The predicted octanol–water partition coefficient (Wildman–Crippen LogP) is 2.37. The second-order valence-corrected chi connectivity index (χ2v) is 8.60. The van der Waals surface area contributed by atoms with Gasteiger partial charge in [-0.3, -0.25) is 0 Å². The van der Waals surface area contributed by atoms with Gasteiger partial charge in [0.1, 0.15) is 0 Å². The summed E-state index contributed by atoms with van der Waals surface area (Å²) >= 11 is 0. The lowest BCUT2D eigenvalue weighted by atomic mass is 9.48. The maximum absolute atomic E-state index is 12.3. The largest absolute Gasteiger partial charge is 0.390 e. The molecule has 0 spiro atoms. The molecule has 118 valence electrons. The van der Waals surface area contributed by atoms with E-state index < -0.39 is 0 Å². The summed E-state index contributed by atoms with van der Waals surface area (Å²) in [6.45, 7) is 7.24. The van der Waals surface area contributed by atoms with E-state index in [1.54, 1.807) is 0 Å². The van der Waals surface area contributed by atoms with Gasteiger partial charge in [-0.25, -0.2) is 4.79 Å². The van der Waals surface area contributed by atoms with Crippen molar-refractivity contribution in [2.24, 2.45) is 23.7 Å². The first-order chi connectivity index (χ1) is 9.84. The smallest absolute Gasteiger partial charge is 0.318 e. The standard InChI is InChI=1S/C17H28N2O2/c1-4-19-15(20)18-14(16(19,2)3)13-11-5-10-6-12(13)9-17(21,7-10)8-11/h10-14,21H,4-9H2,1-3H3,(H,18,20). The molecule has 1 heterocycles. The molecule has 1 aliphatic heterocycles. The van der Waals surface area contributed by atoms with Crippen LogP contribution in [0.2, 0.25) is 0 Å². The van der Waals surface area contributed by atoms with Crippen LogP contribution in [0.1, 0.15) is 52.9 Å². The topological polar surface area (TPSA) is 52.6 Å². The first-order valence-electron chi connectivity index (χ1n) is 8.64. The predicted molar refractivity (Wildman–Crippen MR) is 80.8 cm³/mol. The van der Waals surface area contributed by atoms with Crippen molar-refractivity contribution in [3.8, 4) is 0 Å². The number of likely N-dealkylation sites (N-methyl/N-ethyl adjacent to an activating group) is 1. The van der Waals surface area contributed by atoms with E-state index in [-0.39, 0.29) is 23.2 Å². The highest BCUT2D eigenvalue weighted by molar-refractivity contribution is 5.78. The van der Waals surface area contributed by atoms with Crippen LogP contribution in [0.25, 0.3) is 0 Å². The highest BCUT2D eigenvalue weighted by Crippen LogP contribution is 2.60. The van der Waals surface area contributed by atoms with Crippen LogP contribution in [0.3, 0.4) is 0 Å². The normalized spacial score (nSPS) is 50.6. The van der Waals surface area contributed by atoms with Gasteiger partial charge in [-0.05, 0) is 76.5 Å². The third-order valence-corrected chi connectivity index (χ3v) is 7.00. The Morgan fingerprint density at radius 1 is 1.24 bits per heavy atom. The molecule has 4 aliphatic carbocycles. The number of nitrogens with one attached hydrogen (secondary N) is 1. The van der Waals surface area contributed by atoms with E-state index in [4.69, 9.17) is 0 Å². The first kappa shape index (κ1) is 13.9. The molecule has 2 N–H and O–H groups in total. The molecule has 0 radical (unpaired) electrons. The Balaban J connectivity index is 1.64. The van der Waals surface area contributed by atoms with Crippen LogP contribution < -0.4 is 5.32 Å². The van der Waals surface area contributed by atoms with E-state index in [1.807, 2.05) is 4.90 Å². The van der Waals surface area contributed by atoms with Gasteiger partial charge in [0.05, 0.1) is 17.2 Å². The van der Waals surface area contributed by atoms with Gasteiger partial charge in [0.25, 0.3) is 0 Å². The van der Waals surface area contributed by atoms with Crippen molar-refractivity contribution in [1.82, 2.24) is 10.2 Å². The number of amides is 2. The van der Waals surface area contributed by atoms with E-state index in [0.29, 0.717) is 17.8 Å². The second kappa shape index (κ2) is 4.15. The van der Waals surface area contributed by atoms with Crippen molar-refractivity contribution < 1.29 is 9.90 Å². The van der Waals surface area contributed by atoms with Gasteiger partial charge in [0.2, 0.25) is 0 Å². The Kier molecular flexibility index (Phi) is 2.74. The molecule has 5 aliphatic rings. The number of urea groups is 1. The fourth-order valence-electron chi connectivity index (χ4n) is 6.50. The molecular weight excluding hydrogens is 264 g/mol. The molecule has 1 saturated heterocycles. The maximum atomic E-state index is 12.3. The summed E-state index contributed by atoms with van der Waals surface area (Å²) in [7, 11) is 0. The molecule has 3 unspecified atom stereocenters. The molecule has 4 nitrogen and oxygen atoms in total. The highest BCUT2D eigenvalue weighted by atomic mass is 16.3. The van der Waals surface area contributed by atoms with E-state index in [2.05, 4.69) is 26.1 Å². The molecule has 4 saturated carbocycles. The third kappa shape index (κ3) is 1.81. The van der Waals surface area contributed by atoms with Crippen LogP contribution in [-0.4, -0.2) is 39.8 Å². The summed E-state index contributed by atoms with van der Waals surface area (Å²) < 4.78 is 0. The molecule has 3 atom stereocenters. The lowest BCUT2D eigenvalue weighted by Crippen LogP contribution is -2.62. The molecule has 4 heteroatoms. The number of hydrogen-bond acceptors (Lipinski definition) is 2. The van der Waals surface area contributed by atoms with Crippen LogP contribution in [0.15, 0.2) is 0 Å². The Bertz CT molecular complexity index is 459. The van der Waals surface area contributed by atoms with Gasteiger partial charge in [-0.1, -0.05) is 0 Å². The molecular formula is C17H28N2O2. The van der Waals surface area contributed by atoms with Gasteiger partial charge < -0.3 is 15.3 Å². The number of aliphatic hydroxyl groups is 1. The number of carbonyl (C=O) groups excluding carboxylic acids is 1. The Morgan fingerprint density at radius 2 is 1.86 bits per heavy atom. The van der Waals surface area contributed by atoms with Crippen LogP contribution in [0, 0.1) is 23.7 Å². The number of carbonyl (C=O) groups is 1. The maximum Gasteiger partial charge on any atom is 0.318 e. The molecule has 21 heavy (non-hydrogen) atoms. The lowest BCUT2D eigenvalue weighted by molar-refractivity contribution is -0.161. The molecule has 5 rings (SSSR count). The quantitative estimate of drug-likeness (QED) is 0.821. The van der Waals surface area contributed by atoms with Crippen molar-refractivity contribution >= 4 is 6.03 Å². The zero-order chi connectivity index (χ0) is 15.0. The lowest BCUT2D eigenvalue weighted by Gasteiger charge is -2.60.